The molecule has 0 radical (unpaired) electrons. The Morgan fingerprint density at radius 2 is 2.54 bits per heavy atom. The highest BCUT2D eigenvalue weighted by Gasteiger charge is 2.30. The van der Waals surface area contributed by atoms with Gasteiger partial charge in [0.15, 0.2) is 5.13 Å². The van der Waals surface area contributed by atoms with Crippen LogP contribution in [0, 0.1) is 0 Å². The summed E-state index contributed by atoms with van der Waals surface area (Å²) >= 11 is 7.02. The number of hydrogen-bond donors (Lipinski definition) is 1. The van der Waals surface area contributed by atoms with Crippen LogP contribution in [0.3, 0.4) is 0 Å². The molecule has 0 aliphatic heterocycles. The van der Waals surface area contributed by atoms with E-state index in [9.17, 15) is 0 Å². The van der Waals surface area contributed by atoms with Gasteiger partial charge in [0, 0.05) is 11.3 Å². The number of hydrogen-bond acceptors (Lipinski definition) is 4. The molecule has 1 aromatic heterocycles. The predicted octanol–water partition coefficient (Wildman–Crippen LogP) is 3.21. The summed E-state index contributed by atoms with van der Waals surface area (Å²) in [5.74, 6) is 0. The van der Waals surface area contributed by atoms with E-state index in [1.807, 2.05) is 18.0 Å². The SMILES string of the molecule is CSC1CCC1Nc1ncc(Br)s1. The zero-order valence-corrected chi connectivity index (χ0v) is 10.5. The Bertz CT molecular complexity index is 287. The van der Waals surface area contributed by atoms with Gasteiger partial charge in [0.25, 0.3) is 0 Å². The molecule has 1 heterocycles. The summed E-state index contributed by atoms with van der Waals surface area (Å²) < 4.78 is 1.09. The zero-order valence-electron chi connectivity index (χ0n) is 7.29. The van der Waals surface area contributed by atoms with Crippen LogP contribution >= 0.6 is 39.0 Å². The number of thioether (sulfide) groups is 1. The van der Waals surface area contributed by atoms with Gasteiger partial charge in [-0.05, 0) is 35.0 Å². The average molecular weight is 279 g/mol. The fraction of sp³-hybridized carbons (Fsp3) is 0.625. The van der Waals surface area contributed by atoms with Crippen LogP contribution in [0.15, 0.2) is 9.98 Å². The molecule has 0 spiro atoms. The summed E-state index contributed by atoms with van der Waals surface area (Å²) in [6, 6.07) is 0.632. The van der Waals surface area contributed by atoms with Crippen LogP contribution in [0.5, 0.6) is 0 Å². The summed E-state index contributed by atoms with van der Waals surface area (Å²) in [4.78, 5) is 4.26. The number of nitrogens with one attached hydrogen (secondary N) is 1. The Hall–Kier alpha value is 0.260. The van der Waals surface area contributed by atoms with Crippen molar-refractivity contribution in [3.63, 3.8) is 0 Å². The summed E-state index contributed by atoms with van der Waals surface area (Å²) in [5.41, 5.74) is 0. The second-order valence-electron chi connectivity index (χ2n) is 3.07. The number of rotatable bonds is 3. The van der Waals surface area contributed by atoms with E-state index >= 15 is 0 Å². The predicted molar refractivity (Wildman–Crippen MR) is 63.8 cm³/mol. The lowest BCUT2D eigenvalue weighted by Gasteiger charge is -2.35. The Labute approximate surface area is 94.7 Å². The lowest BCUT2D eigenvalue weighted by Crippen LogP contribution is -2.40. The van der Waals surface area contributed by atoms with Crippen LogP contribution in [0.2, 0.25) is 0 Å². The van der Waals surface area contributed by atoms with Crippen LogP contribution < -0.4 is 5.32 Å². The van der Waals surface area contributed by atoms with E-state index in [0.29, 0.717) is 6.04 Å². The van der Waals surface area contributed by atoms with Crippen molar-refractivity contribution in [1.29, 1.82) is 0 Å². The van der Waals surface area contributed by atoms with Crippen LogP contribution in [-0.2, 0) is 0 Å². The Kier molecular flexibility index (Phi) is 3.16. The molecule has 13 heavy (non-hydrogen) atoms. The second-order valence-corrected chi connectivity index (χ2v) is 6.56. The van der Waals surface area contributed by atoms with Crippen molar-refractivity contribution < 1.29 is 0 Å². The molecule has 2 nitrogen and oxygen atoms in total. The Balaban J connectivity index is 1.91. The molecule has 1 aliphatic carbocycles. The highest BCUT2D eigenvalue weighted by atomic mass is 79.9. The third-order valence-corrected chi connectivity index (χ3v) is 4.88. The van der Waals surface area contributed by atoms with Gasteiger partial charge in [0.05, 0.1) is 9.98 Å². The van der Waals surface area contributed by atoms with Gasteiger partial charge >= 0.3 is 0 Å². The van der Waals surface area contributed by atoms with Gasteiger partial charge in [-0.3, -0.25) is 0 Å². The third kappa shape index (κ3) is 2.19. The highest BCUT2D eigenvalue weighted by molar-refractivity contribution is 9.11. The monoisotopic (exact) mass is 278 g/mol. The summed E-state index contributed by atoms with van der Waals surface area (Å²) in [6.07, 6.45) is 6.64. The number of nitrogens with zero attached hydrogens (tertiary/aromatic N) is 1. The standard InChI is InChI=1S/C8H11BrN2S2/c1-12-6-3-2-5(6)11-8-10-4-7(9)13-8/h4-6H,2-3H2,1H3,(H,10,11). The smallest absolute Gasteiger partial charge is 0.183 e. The fourth-order valence-electron chi connectivity index (χ4n) is 1.40. The third-order valence-electron chi connectivity index (χ3n) is 2.30. The first-order valence-corrected chi connectivity index (χ1v) is 7.10. The van der Waals surface area contributed by atoms with Crippen LogP contribution in [0.1, 0.15) is 12.8 Å². The molecule has 72 valence electrons. The van der Waals surface area contributed by atoms with Crippen LogP contribution in [0.25, 0.3) is 0 Å². The van der Waals surface area contributed by atoms with Gasteiger partial charge < -0.3 is 5.32 Å². The maximum Gasteiger partial charge on any atom is 0.183 e. The number of halogens is 1. The van der Waals surface area contributed by atoms with E-state index < -0.39 is 0 Å². The van der Waals surface area contributed by atoms with Gasteiger partial charge in [0.2, 0.25) is 0 Å². The molecule has 5 heteroatoms. The lowest BCUT2D eigenvalue weighted by molar-refractivity contribution is 0.463. The van der Waals surface area contributed by atoms with Gasteiger partial charge in [-0.15, -0.1) is 0 Å². The maximum atomic E-state index is 4.26. The molecular weight excluding hydrogens is 268 g/mol. The van der Waals surface area contributed by atoms with Gasteiger partial charge in [-0.2, -0.15) is 11.8 Å². The van der Waals surface area contributed by atoms with Crippen molar-refractivity contribution in [2.75, 3.05) is 11.6 Å². The molecule has 0 saturated heterocycles. The van der Waals surface area contributed by atoms with Gasteiger partial charge in [-0.1, -0.05) is 11.3 Å². The van der Waals surface area contributed by atoms with Crippen LogP contribution in [-0.4, -0.2) is 22.5 Å². The Morgan fingerprint density at radius 3 is 3.00 bits per heavy atom. The van der Waals surface area contributed by atoms with Crippen molar-refractivity contribution in [2.45, 2.75) is 24.1 Å². The number of thiazole rings is 1. The summed E-state index contributed by atoms with van der Waals surface area (Å²) in [6.45, 7) is 0. The molecule has 2 unspecified atom stereocenters. The summed E-state index contributed by atoms with van der Waals surface area (Å²) in [7, 11) is 0. The minimum Gasteiger partial charge on any atom is -0.358 e. The molecular formula is C8H11BrN2S2. The normalized spacial score (nSPS) is 26.9. The highest BCUT2D eigenvalue weighted by Crippen LogP contribution is 2.34. The van der Waals surface area contributed by atoms with E-state index in [1.54, 1.807) is 11.3 Å². The molecule has 1 aromatic rings. The van der Waals surface area contributed by atoms with E-state index in [2.05, 4.69) is 32.5 Å². The van der Waals surface area contributed by atoms with E-state index in [-0.39, 0.29) is 0 Å². The average Bonchev–Trinajstić information content (AvgIpc) is 2.46. The minimum absolute atomic E-state index is 0.632. The quantitative estimate of drug-likeness (QED) is 0.919. The van der Waals surface area contributed by atoms with Crippen molar-refractivity contribution >= 4 is 44.2 Å². The first kappa shape index (κ1) is 9.80. The second kappa shape index (κ2) is 4.19. The molecule has 1 N–H and O–H groups in total. The van der Waals surface area contributed by atoms with Crippen LogP contribution in [0.4, 0.5) is 5.13 Å². The van der Waals surface area contributed by atoms with Crippen molar-refractivity contribution in [3.05, 3.63) is 9.98 Å². The van der Waals surface area contributed by atoms with E-state index in [4.69, 9.17) is 0 Å². The van der Waals surface area contributed by atoms with E-state index in [1.165, 1.54) is 12.8 Å². The molecule has 1 saturated carbocycles. The Morgan fingerprint density at radius 1 is 1.69 bits per heavy atom. The van der Waals surface area contributed by atoms with Gasteiger partial charge in [-0.25, -0.2) is 4.98 Å². The molecule has 1 aliphatic rings. The molecule has 0 bridgehead atoms. The van der Waals surface area contributed by atoms with Gasteiger partial charge in [0.1, 0.15) is 0 Å². The largest absolute Gasteiger partial charge is 0.358 e. The van der Waals surface area contributed by atoms with Crippen molar-refractivity contribution in [2.24, 2.45) is 0 Å². The molecule has 0 aromatic carbocycles. The number of anilines is 1. The first-order valence-electron chi connectivity index (χ1n) is 4.20. The van der Waals surface area contributed by atoms with Crippen molar-refractivity contribution in [3.8, 4) is 0 Å². The first-order chi connectivity index (χ1) is 6.29. The molecule has 2 rings (SSSR count). The van der Waals surface area contributed by atoms with E-state index in [0.717, 1.165) is 14.2 Å². The minimum atomic E-state index is 0.632. The molecule has 1 fully saturated rings. The topological polar surface area (TPSA) is 24.9 Å². The molecule has 2 atom stereocenters. The maximum absolute atomic E-state index is 4.26. The number of aromatic nitrogens is 1. The summed E-state index contributed by atoms with van der Waals surface area (Å²) in [5, 5.41) is 5.27. The molecule has 0 amide bonds. The fourth-order valence-corrected chi connectivity index (χ4v) is 3.47. The van der Waals surface area contributed by atoms with Crippen molar-refractivity contribution in [1.82, 2.24) is 4.98 Å². The lowest BCUT2D eigenvalue weighted by atomic mass is 9.92. The zero-order chi connectivity index (χ0) is 9.26.